The Kier molecular flexibility index (Phi) is 3.70. The van der Waals surface area contributed by atoms with E-state index in [1.54, 1.807) is 12.1 Å². The molecule has 3 rings (SSSR count). The summed E-state index contributed by atoms with van der Waals surface area (Å²) in [5.74, 6) is 0.0157. The molecule has 2 heterocycles. The molecule has 0 atom stereocenters. The summed E-state index contributed by atoms with van der Waals surface area (Å²) in [5.41, 5.74) is 0.841. The number of nitriles is 1. The fraction of sp³-hybridized carbons (Fsp3) is 0.143. The largest absolute Gasteiger partial charge is 0.494 e. The van der Waals surface area contributed by atoms with Crippen LogP contribution in [0.2, 0.25) is 0 Å². The second-order valence-corrected chi connectivity index (χ2v) is 4.26. The molecule has 1 aromatic heterocycles. The Morgan fingerprint density at radius 2 is 2.05 bits per heavy atom. The molecule has 1 amide bonds. The molecule has 0 fully saturated rings. The van der Waals surface area contributed by atoms with Gasteiger partial charge in [0, 0.05) is 5.56 Å². The lowest BCUT2D eigenvalue weighted by Gasteiger charge is -2.11. The quantitative estimate of drug-likeness (QED) is 0.914. The molecule has 8 nitrogen and oxygen atoms in total. The number of ether oxygens (including phenoxy) is 2. The maximum absolute atomic E-state index is 12.0. The standard InChI is InChI=1S/C14H10N4O4/c15-7-9-1-3-10(4-2-9)12(19)16-14-18-17-13(22-14)11-8-20-5-6-21-11/h1-4,8H,5-6H2,(H,16,18,19). The fourth-order valence-corrected chi connectivity index (χ4v) is 1.72. The Balaban J connectivity index is 1.70. The van der Waals surface area contributed by atoms with Gasteiger partial charge in [0.25, 0.3) is 11.8 Å². The molecule has 0 radical (unpaired) electrons. The highest BCUT2D eigenvalue weighted by Gasteiger charge is 2.17. The van der Waals surface area contributed by atoms with Crippen molar-refractivity contribution in [2.24, 2.45) is 0 Å². The predicted molar refractivity (Wildman–Crippen MR) is 73.3 cm³/mol. The van der Waals surface area contributed by atoms with Gasteiger partial charge in [0.15, 0.2) is 0 Å². The van der Waals surface area contributed by atoms with Gasteiger partial charge in [-0.3, -0.25) is 10.1 Å². The summed E-state index contributed by atoms with van der Waals surface area (Å²) in [7, 11) is 0. The van der Waals surface area contributed by atoms with Gasteiger partial charge in [0.05, 0.1) is 11.6 Å². The zero-order valence-electron chi connectivity index (χ0n) is 11.3. The number of rotatable bonds is 3. The highest BCUT2D eigenvalue weighted by molar-refractivity contribution is 6.03. The highest BCUT2D eigenvalue weighted by atomic mass is 16.6. The molecule has 0 spiro atoms. The van der Waals surface area contributed by atoms with Gasteiger partial charge in [-0.15, -0.1) is 5.10 Å². The monoisotopic (exact) mass is 298 g/mol. The van der Waals surface area contributed by atoms with Gasteiger partial charge >= 0.3 is 6.01 Å². The number of carbonyl (C=O) groups is 1. The Morgan fingerprint density at radius 1 is 1.23 bits per heavy atom. The van der Waals surface area contributed by atoms with E-state index in [0.717, 1.165) is 0 Å². The van der Waals surface area contributed by atoms with Crippen LogP contribution in [0.4, 0.5) is 6.01 Å². The lowest BCUT2D eigenvalue weighted by Crippen LogP contribution is -2.12. The average molecular weight is 298 g/mol. The molecule has 0 bridgehead atoms. The molecular formula is C14H10N4O4. The van der Waals surface area contributed by atoms with Crippen molar-refractivity contribution in [1.29, 1.82) is 5.26 Å². The first-order chi connectivity index (χ1) is 10.8. The molecule has 22 heavy (non-hydrogen) atoms. The van der Waals surface area contributed by atoms with E-state index in [1.807, 2.05) is 6.07 Å². The van der Waals surface area contributed by atoms with E-state index in [1.165, 1.54) is 18.4 Å². The van der Waals surface area contributed by atoms with E-state index in [9.17, 15) is 4.79 Å². The molecule has 1 N–H and O–H groups in total. The first kappa shape index (κ1) is 13.6. The van der Waals surface area contributed by atoms with Crippen molar-refractivity contribution in [1.82, 2.24) is 10.2 Å². The fourth-order valence-electron chi connectivity index (χ4n) is 1.72. The van der Waals surface area contributed by atoms with Crippen LogP contribution in [0.3, 0.4) is 0 Å². The van der Waals surface area contributed by atoms with Crippen LogP contribution in [0.5, 0.6) is 0 Å². The second kappa shape index (κ2) is 5.97. The summed E-state index contributed by atoms with van der Waals surface area (Å²) >= 11 is 0. The summed E-state index contributed by atoms with van der Waals surface area (Å²) < 4.78 is 15.7. The van der Waals surface area contributed by atoms with Crippen LogP contribution in [-0.4, -0.2) is 29.3 Å². The first-order valence-electron chi connectivity index (χ1n) is 6.36. The Hall–Kier alpha value is -3.34. The normalized spacial score (nSPS) is 13.3. The molecule has 0 saturated carbocycles. The number of benzene rings is 1. The van der Waals surface area contributed by atoms with Crippen molar-refractivity contribution in [3.8, 4) is 6.07 Å². The topological polar surface area (TPSA) is 110 Å². The lowest BCUT2D eigenvalue weighted by atomic mass is 10.1. The van der Waals surface area contributed by atoms with Crippen molar-refractivity contribution in [3.05, 3.63) is 47.5 Å². The highest BCUT2D eigenvalue weighted by Crippen LogP contribution is 2.19. The molecule has 1 aromatic carbocycles. The number of aromatic nitrogens is 2. The van der Waals surface area contributed by atoms with E-state index in [0.29, 0.717) is 30.1 Å². The Morgan fingerprint density at radius 3 is 2.73 bits per heavy atom. The third kappa shape index (κ3) is 2.88. The second-order valence-electron chi connectivity index (χ2n) is 4.26. The molecule has 8 heteroatoms. The summed E-state index contributed by atoms with van der Waals surface area (Å²) in [5, 5.41) is 18.7. The predicted octanol–water partition coefficient (Wildman–Crippen LogP) is 1.54. The molecule has 1 aliphatic rings. The van der Waals surface area contributed by atoms with Crippen LogP contribution in [-0.2, 0) is 9.47 Å². The van der Waals surface area contributed by atoms with E-state index in [-0.39, 0.29) is 11.9 Å². The van der Waals surface area contributed by atoms with Gasteiger partial charge in [-0.05, 0) is 24.3 Å². The maximum Gasteiger partial charge on any atom is 0.322 e. The van der Waals surface area contributed by atoms with Crippen molar-refractivity contribution in [2.45, 2.75) is 0 Å². The van der Waals surface area contributed by atoms with E-state index in [4.69, 9.17) is 19.2 Å². The molecule has 0 unspecified atom stereocenters. The average Bonchev–Trinajstić information content (AvgIpc) is 3.04. The smallest absolute Gasteiger partial charge is 0.322 e. The number of anilines is 1. The minimum Gasteiger partial charge on any atom is -0.494 e. The minimum absolute atomic E-state index is 0.0561. The zero-order valence-corrected chi connectivity index (χ0v) is 11.3. The number of carbonyl (C=O) groups excluding carboxylic acids is 1. The Labute approximate surface area is 125 Å². The molecule has 2 aromatic rings. The third-order valence-electron chi connectivity index (χ3n) is 2.78. The van der Waals surface area contributed by atoms with Crippen LogP contribution in [0, 0.1) is 11.3 Å². The van der Waals surface area contributed by atoms with Crippen LogP contribution < -0.4 is 5.32 Å². The van der Waals surface area contributed by atoms with Crippen LogP contribution in [0.15, 0.2) is 34.9 Å². The van der Waals surface area contributed by atoms with Crippen molar-refractivity contribution in [3.63, 3.8) is 0 Å². The Bertz CT molecular complexity index is 758. The van der Waals surface area contributed by atoms with Gasteiger partial charge in [0.2, 0.25) is 5.76 Å². The van der Waals surface area contributed by atoms with Gasteiger partial charge in [0.1, 0.15) is 19.5 Å². The van der Waals surface area contributed by atoms with Gasteiger partial charge in [-0.2, -0.15) is 5.26 Å². The van der Waals surface area contributed by atoms with Crippen LogP contribution in [0.1, 0.15) is 21.8 Å². The van der Waals surface area contributed by atoms with Crippen LogP contribution in [0.25, 0.3) is 5.76 Å². The van der Waals surface area contributed by atoms with Gasteiger partial charge in [-0.1, -0.05) is 5.10 Å². The zero-order chi connectivity index (χ0) is 15.4. The third-order valence-corrected chi connectivity index (χ3v) is 2.78. The number of nitrogens with zero attached hydrogens (tertiary/aromatic N) is 3. The van der Waals surface area contributed by atoms with E-state index >= 15 is 0 Å². The molecular weight excluding hydrogens is 288 g/mol. The minimum atomic E-state index is -0.422. The SMILES string of the molecule is N#Cc1ccc(C(=O)Nc2nnc(C3=COCCO3)o2)cc1. The first-order valence-corrected chi connectivity index (χ1v) is 6.36. The van der Waals surface area contributed by atoms with Gasteiger partial charge < -0.3 is 13.9 Å². The van der Waals surface area contributed by atoms with E-state index in [2.05, 4.69) is 15.5 Å². The van der Waals surface area contributed by atoms with Crippen molar-refractivity contribution < 1.29 is 18.7 Å². The van der Waals surface area contributed by atoms with Crippen molar-refractivity contribution >= 4 is 17.7 Å². The molecule has 110 valence electrons. The maximum atomic E-state index is 12.0. The molecule has 0 saturated heterocycles. The van der Waals surface area contributed by atoms with Crippen LogP contribution >= 0.6 is 0 Å². The lowest BCUT2D eigenvalue weighted by molar-refractivity contribution is 0.102. The number of hydrogen-bond acceptors (Lipinski definition) is 7. The van der Waals surface area contributed by atoms with Gasteiger partial charge in [-0.25, -0.2) is 0 Å². The summed E-state index contributed by atoms with van der Waals surface area (Å²) in [6.45, 7) is 0.848. The number of nitrogens with one attached hydrogen (secondary N) is 1. The van der Waals surface area contributed by atoms with E-state index < -0.39 is 5.91 Å². The number of amides is 1. The summed E-state index contributed by atoms with van der Waals surface area (Å²) in [4.78, 5) is 12.0. The molecule has 1 aliphatic heterocycles. The summed E-state index contributed by atoms with van der Waals surface area (Å²) in [6, 6.07) is 8.08. The van der Waals surface area contributed by atoms with Crippen molar-refractivity contribution in [2.75, 3.05) is 18.5 Å². The molecule has 0 aliphatic carbocycles. The summed E-state index contributed by atoms with van der Waals surface area (Å²) in [6.07, 6.45) is 1.38. The number of hydrogen-bond donors (Lipinski definition) is 1.